The molecule has 17 heavy (non-hydrogen) atoms. The minimum absolute atomic E-state index is 0.134. The fourth-order valence-corrected chi connectivity index (χ4v) is 1.86. The largest absolute Gasteiger partial charge is 0.299 e. The van der Waals surface area contributed by atoms with Gasteiger partial charge in [0.25, 0.3) is 0 Å². The summed E-state index contributed by atoms with van der Waals surface area (Å²) >= 11 is 1.40. The molecule has 5 heteroatoms. The van der Waals surface area contributed by atoms with Gasteiger partial charge in [-0.3, -0.25) is 9.78 Å². The highest BCUT2D eigenvalue weighted by Gasteiger charge is 2.02. The van der Waals surface area contributed by atoms with Crippen molar-refractivity contribution in [2.45, 2.75) is 11.9 Å². The molecular formula is C12H11N3OS. The van der Waals surface area contributed by atoms with Crippen LogP contribution in [0.5, 0.6) is 0 Å². The summed E-state index contributed by atoms with van der Waals surface area (Å²) < 4.78 is 0. The molecule has 0 bridgehead atoms. The lowest BCUT2D eigenvalue weighted by Crippen LogP contribution is -1.95. The van der Waals surface area contributed by atoms with Gasteiger partial charge in [0.2, 0.25) is 0 Å². The number of carbonyl (C=O) groups excluding carboxylic acids is 1. The third-order valence-electron chi connectivity index (χ3n) is 2.04. The van der Waals surface area contributed by atoms with Gasteiger partial charge in [-0.1, -0.05) is 11.8 Å². The fraction of sp³-hybridized carbons (Fsp3) is 0.167. The number of ketones is 1. The first kappa shape index (κ1) is 11.7. The lowest BCUT2D eigenvalue weighted by atomic mass is 10.2. The Bertz CT molecular complexity index is 499. The van der Waals surface area contributed by atoms with E-state index in [1.165, 1.54) is 11.8 Å². The summed E-state index contributed by atoms with van der Waals surface area (Å²) in [4.78, 5) is 14.8. The van der Waals surface area contributed by atoms with Gasteiger partial charge in [0.1, 0.15) is 10.8 Å². The number of hydrogen-bond donors (Lipinski definition) is 0. The Morgan fingerprint density at radius 2 is 1.94 bits per heavy atom. The Hall–Kier alpha value is -1.75. The molecule has 0 aliphatic heterocycles. The molecule has 0 atom stereocenters. The second kappa shape index (κ2) is 5.54. The van der Waals surface area contributed by atoms with Gasteiger partial charge in [0.05, 0.1) is 11.4 Å². The minimum Gasteiger partial charge on any atom is -0.299 e. The molecule has 0 spiro atoms. The highest BCUT2D eigenvalue weighted by atomic mass is 32.2. The Morgan fingerprint density at radius 1 is 1.18 bits per heavy atom. The van der Waals surface area contributed by atoms with Crippen LogP contribution in [0.1, 0.15) is 6.92 Å². The normalized spacial score (nSPS) is 10.2. The van der Waals surface area contributed by atoms with Crippen molar-refractivity contribution in [3.63, 3.8) is 0 Å². The summed E-state index contributed by atoms with van der Waals surface area (Å²) in [5.41, 5.74) is 1.79. The number of carbonyl (C=O) groups is 1. The summed E-state index contributed by atoms with van der Waals surface area (Å²) in [6, 6.07) is 7.53. The van der Waals surface area contributed by atoms with E-state index in [0.717, 1.165) is 16.3 Å². The Balaban J connectivity index is 2.11. The van der Waals surface area contributed by atoms with Gasteiger partial charge in [0, 0.05) is 18.0 Å². The van der Waals surface area contributed by atoms with Crippen molar-refractivity contribution in [1.29, 1.82) is 0 Å². The van der Waals surface area contributed by atoms with Crippen LogP contribution in [0.4, 0.5) is 0 Å². The Labute approximate surface area is 103 Å². The molecule has 0 aliphatic carbocycles. The molecule has 4 nitrogen and oxygen atoms in total. The van der Waals surface area contributed by atoms with E-state index in [0.29, 0.717) is 5.75 Å². The zero-order valence-corrected chi connectivity index (χ0v) is 10.1. The molecule has 2 heterocycles. The fourth-order valence-electron chi connectivity index (χ4n) is 1.25. The average molecular weight is 245 g/mol. The van der Waals surface area contributed by atoms with Gasteiger partial charge in [0.15, 0.2) is 0 Å². The topological polar surface area (TPSA) is 55.7 Å². The van der Waals surface area contributed by atoms with E-state index in [2.05, 4.69) is 15.2 Å². The zero-order valence-electron chi connectivity index (χ0n) is 9.33. The summed E-state index contributed by atoms with van der Waals surface area (Å²) in [6.07, 6.45) is 3.44. The molecule has 0 amide bonds. The number of hydrogen-bond acceptors (Lipinski definition) is 5. The van der Waals surface area contributed by atoms with Crippen molar-refractivity contribution < 1.29 is 4.79 Å². The van der Waals surface area contributed by atoms with Crippen LogP contribution >= 0.6 is 11.8 Å². The quantitative estimate of drug-likeness (QED) is 0.773. The maximum Gasteiger partial charge on any atom is 0.140 e. The van der Waals surface area contributed by atoms with Crippen LogP contribution in [0.25, 0.3) is 11.3 Å². The van der Waals surface area contributed by atoms with Gasteiger partial charge in [-0.2, -0.15) is 0 Å². The van der Waals surface area contributed by atoms with Crippen LogP contribution in [0.3, 0.4) is 0 Å². The highest BCUT2D eigenvalue weighted by Crippen LogP contribution is 2.18. The molecule has 2 aromatic heterocycles. The van der Waals surface area contributed by atoms with Crippen LogP contribution in [0.15, 0.2) is 41.7 Å². The van der Waals surface area contributed by atoms with Crippen LogP contribution in [0, 0.1) is 0 Å². The molecule has 86 valence electrons. The standard InChI is InChI=1S/C12H11N3OS/c1-9(16)8-17-12-3-2-11(14-15-12)10-4-6-13-7-5-10/h2-7H,8H2,1H3. The lowest BCUT2D eigenvalue weighted by molar-refractivity contribution is -0.114. The summed E-state index contributed by atoms with van der Waals surface area (Å²) in [6.45, 7) is 1.56. The van der Waals surface area contributed by atoms with Crippen LogP contribution < -0.4 is 0 Å². The van der Waals surface area contributed by atoms with Crippen molar-refractivity contribution >= 4 is 17.5 Å². The van der Waals surface area contributed by atoms with Crippen molar-refractivity contribution in [2.75, 3.05) is 5.75 Å². The number of aromatic nitrogens is 3. The van der Waals surface area contributed by atoms with Crippen molar-refractivity contribution in [2.24, 2.45) is 0 Å². The molecule has 0 aromatic carbocycles. The van der Waals surface area contributed by atoms with E-state index in [4.69, 9.17) is 0 Å². The molecule has 0 fully saturated rings. The lowest BCUT2D eigenvalue weighted by Gasteiger charge is -2.00. The zero-order chi connectivity index (χ0) is 12.1. The van der Waals surface area contributed by atoms with E-state index >= 15 is 0 Å². The number of rotatable bonds is 4. The molecule has 2 aromatic rings. The SMILES string of the molecule is CC(=O)CSc1ccc(-c2ccncc2)nn1. The first-order valence-corrected chi connectivity index (χ1v) is 6.10. The third kappa shape index (κ3) is 3.35. The van der Waals surface area contributed by atoms with Crippen LogP contribution in [-0.2, 0) is 4.79 Å². The van der Waals surface area contributed by atoms with Crippen LogP contribution in [-0.4, -0.2) is 26.7 Å². The van der Waals surface area contributed by atoms with Gasteiger partial charge < -0.3 is 0 Å². The van der Waals surface area contributed by atoms with E-state index in [-0.39, 0.29) is 5.78 Å². The summed E-state index contributed by atoms with van der Waals surface area (Å²) in [5.74, 6) is 0.568. The predicted molar refractivity (Wildman–Crippen MR) is 66.7 cm³/mol. The van der Waals surface area contributed by atoms with Gasteiger partial charge >= 0.3 is 0 Å². The molecular weight excluding hydrogens is 234 g/mol. The monoisotopic (exact) mass is 245 g/mol. The number of Topliss-reactive ketones (excluding diaryl/α,β-unsaturated/α-hetero) is 1. The highest BCUT2D eigenvalue weighted by molar-refractivity contribution is 7.99. The number of nitrogens with zero attached hydrogens (tertiary/aromatic N) is 3. The molecule has 0 saturated carbocycles. The third-order valence-corrected chi connectivity index (χ3v) is 3.10. The van der Waals surface area contributed by atoms with E-state index in [1.807, 2.05) is 24.3 Å². The predicted octanol–water partition coefficient (Wildman–Crippen LogP) is 2.22. The first-order valence-electron chi connectivity index (χ1n) is 5.12. The van der Waals surface area contributed by atoms with E-state index < -0.39 is 0 Å². The second-order valence-corrected chi connectivity index (χ2v) is 4.48. The van der Waals surface area contributed by atoms with Crippen molar-refractivity contribution in [1.82, 2.24) is 15.2 Å². The molecule has 0 radical (unpaired) electrons. The molecule has 2 rings (SSSR count). The van der Waals surface area contributed by atoms with Gasteiger partial charge in [-0.15, -0.1) is 10.2 Å². The average Bonchev–Trinajstić information content (AvgIpc) is 2.38. The maximum atomic E-state index is 10.8. The number of pyridine rings is 1. The summed E-state index contributed by atoms with van der Waals surface area (Å²) in [7, 11) is 0. The second-order valence-electron chi connectivity index (χ2n) is 3.48. The Kier molecular flexibility index (Phi) is 3.82. The van der Waals surface area contributed by atoms with E-state index in [9.17, 15) is 4.79 Å². The van der Waals surface area contributed by atoms with Crippen LogP contribution in [0.2, 0.25) is 0 Å². The minimum atomic E-state index is 0.134. The molecule has 0 saturated heterocycles. The summed E-state index contributed by atoms with van der Waals surface area (Å²) in [5, 5.41) is 8.95. The molecule has 0 aliphatic rings. The van der Waals surface area contributed by atoms with Gasteiger partial charge in [-0.25, -0.2) is 0 Å². The van der Waals surface area contributed by atoms with Crippen molar-refractivity contribution in [3.05, 3.63) is 36.7 Å². The smallest absolute Gasteiger partial charge is 0.140 e. The molecule has 0 unspecified atom stereocenters. The Morgan fingerprint density at radius 3 is 2.53 bits per heavy atom. The van der Waals surface area contributed by atoms with Gasteiger partial charge in [-0.05, 0) is 31.2 Å². The number of thioether (sulfide) groups is 1. The van der Waals surface area contributed by atoms with Crippen molar-refractivity contribution in [3.8, 4) is 11.3 Å². The molecule has 0 N–H and O–H groups in total. The first-order chi connectivity index (χ1) is 8.25. The maximum absolute atomic E-state index is 10.8. The van der Waals surface area contributed by atoms with E-state index in [1.54, 1.807) is 19.3 Å².